The van der Waals surface area contributed by atoms with E-state index in [9.17, 15) is 0 Å². The molecule has 0 bridgehead atoms. The van der Waals surface area contributed by atoms with Gasteiger partial charge < -0.3 is 15.2 Å². The Morgan fingerprint density at radius 1 is 1.47 bits per heavy atom. The van der Waals surface area contributed by atoms with Gasteiger partial charge in [-0.25, -0.2) is 0 Å². The monoisotopic (exact) mass is 214 g/mol. The van der Waals surface area contributed by atoms with E-state index in [2.05, 4.69) is 10.2 Å². The average Bonchev–Trinajstić information content (AvgIpc) is 2.71. The van der Waals surface area contributed by atoms with Gasteiger partial charge in [0, 0.05) is 45.4 Å². The fourth-order valence-electron chi connectivity index (χ4n) is 2.49. The third-order valence-corrected chi connectivity index (χ3v) is 3.30. The third-order valence-electron chi connectivity index (χ3n) is 3.30. The molecule has 2 fully saturated rings. The lowest BCUT2D eigenvalue weighted by Crippen LogP contribution is -2.52. The van der Waals surface area contributed by atoms with Crippen molar-refractivity contribution in [1.82, 2.24) is 10.2 Å². The number of ether oxygens (including phenoxy) is 1. The van der Waals surface area contributed by atoms with Crippen LogP contribution in [-0.4, -0.2) is 61.5 Å². The zero-order valence-electron chi connectivity index (χ0n) is 9.32. The Hall–Kier alpha value is -0.160. The fourth-order valence-corrected chi connectivity index (χ4v) is 2.49. The van der Waals surface area contributed by atoms with E-state index in [1.165, 1.54) is 12.8 Å². The summed E-state index contributed by atoms with van der Waals surface area (Å²) in [6, 6.07) is 0.463. The number of aliphatic hydroxyl groups is 1. The van der Waals surface area contributed by atoms with E-state index in [1.807, 2.05) is 0 Å². The van der Waals surface area contributed by atoms with Crippen LogP contribution in [-0.2, 0) is 4.74 Å². The summed E-state index contributed by atoms with van der Waals surface area (Å²) in [6.07, 6.45) is 3.76. The second kappa shape index (κ2) is 5.80. The van der Waals surface area contributed by atoms with Gasteiger partial charge in [0.05, 0.1) is 6.10 Å². The smallest absolute Gasteiger partial charge is 0.0702 e. The molecule has 2 N–H and O–H groups in total. The molecular weight excluding hydrogens is 192 g/mol. The zero-order chi connectivity index (χ0) is 10.5. The lowest BCUT2D eigenvalue weighted by molar-refractivity contribution is 0.0604. The molecule has 2 saturated heterocycles. The van der Waals surface area contributed by atoms with Crippen molar-refractivity contribution in [1.29, 1.82) is 0 Å². The van der Waals surface area contributed by atoms with Gasteiger partial charge in [-0.1, -0.05) is 0 Å². The molecule has 0 radical (unpaired) electrons. The standard InChI is InChI=1S/C11H22N2O2/c14-6-3-10-8-13(5-4-12-10)9-11-2-1-7-15-11/h10-12,14H,1-9H2. The van der Waals surface area contributed by atoms with Crippen LogP contribution >= 0.6 is 0 Å². The summed E-state index contributed by atoms with van der Waals surface area (Å²) >= 11 is 0. The molecule has 4 heteroatoms. The van der Waals surface area contributed by atoms with Crippen molar-refractivity contribution in [3.63, 3.8) is 0 Å². The highest BCUT2D eigenvalue weighted by Gasteiger charge is 2.23. The molecule has 0 saturated carbocycles. The minimum atomic E-state index is 0.283. The highest BCUT2D eigenvalue weighted by Crippen LogP contribution is 2.14. The van der Waals surface area contributed by atoms with Crippen molar-refractivity contribution < 1.29 is 9.84 Å². The van der Waals surface area contributed by atoms with Crippen molar-refractivity contribution in [2.24, 2.45) is 0 Å². The van der Waals surface area contributed by atoms with E-state index >= 15 is 0 Å². The van der Waals surface area contributed by atoms with Crippen molar-refractivity contribution in [3.8, 4) is 0 Å². The molecule has 0 spiro atoms. The molecule has 0 aromatic carbocycles. The molecule has 2 aliphatic heterocycles. The summed E-state index contributed by atoms with van der Waals surface area (Å²) in [5.74, 6) is 0. The molecule has 0 aliphatic carbocycles. The maximum Gasteiger partial charge on any atom is 0.0702 e. The van der Waals surface area contributed by atoms with E-state index in [-0.39, 0.29) is 6.61 Å². The first-order valence-corrected chi connectivity index (χ1v) is 6.06. The van der Waals surface area contributed by atoms with Crippen LogP contribution in [0.25, 0.3) is 0 Å². The number of hydrogen-bond donors (Lipinski definition) is 2. The lowest BCUT2D eigenvalue weighted by Gasteiger charge is -2.34. The van der Waals surface area contributed by atoms with Gasteiger partial charge in [-0.2, -0.15) is 0 Å². The van der Waals surface area contributed by atoms with Crippen LogP contribution in [0, 0.1) is 0 Å². The fraction of sp³-hybridized carbons (Fsp3) is 1.00. The van der Waals surface area contributed by atoms with Gasteiger partial charge in [0.25, 0.3) is 0 Å². The van der Waals surface area contributed by atoms with Gasteiger partial charge in [-0.3, -0.25) is 4.90 Å². The van der Waals surface area contributed by atoms with Crippen molar-refractivity contribution in [2.75, 3.05) is 39.4 Å². The highest BCUT2D eigenvalue weighted by atomic mass is 16.5. The minimum Gasteiger partial charge on any atom is -0.396 e. The van der Waals surface area contributed by atoms with Gasteiger partial charge in [0.15, 0.2) is 0 Å². The molecule has 2 heterocycles. The number of hydrogen-bond acceptors (Lipinski definition) is 4. The molecule has 15 heavy (non-hydrogen) atoms. The Balaban J connectivity index is 1.71. The molecular formula is C11H22N2O2. The predicted molar refractivity (Wildman–Crippen MR) is 58.9 cm³/mol. The van der Waals surface area contributed by atoms with Gasteiger partial charge >= 0.3 is 0 Å². The maximum atomic E-state index is 8.91. The molecule has 2 rings (SSSR count). The Bertz CT molecular complexity index is 181. The summed E-state index contributed by atoms with van der Waals surface area (Å²) in [6.45, 7) is 5.51. The molecule has 2 unspecified atom stereocenters. The van der Waals surface area contributed by atoms with Crippen LogP contribution < -0.4 is 5.32 Å². The number of piperazine rings is 1. The topological polar surface area (TPSA) is 44.7 Å². The van der Waals surface area contributed by atoms with E-state index in [1.54, 1.807) is 0 Å². The molecule has 0 amide bonds. The summed E-state index contributed by atoms with van der Waals surface area (Å²) in [4.78, 5) is 2.47. The maximum absolute atomic E-state index is 8.91. The zero-order valence-corrected chi connectivity index (χ0v) is 9.32. The number of aliphatic hydroxyl groups excluding tert-OH is 1. The van der Waals surface area contributed by atoms with E-state index in [0.717, 1.165) is 39.2 Å². The third kappa shape index (κ3) is 3.41. The summed E-state index contributed by atoms with van der Waals surface area (Å²) in [7, 11) is 0. The summed E-state index contributed by atoms with van der Waals surface area (Å²) in [5, 5.41) is 12.3. The van der Waals surface area contributed by atoms with E-state index in [4.69, 9.17) is 9.84 Å². The van der Waals surface area contributed by atoms with Gasteiger partial charge in [0.1, 0.15) is 0 Å². The van der Waals surface area contributed by atoms with Gasteiger partial charge in [-0.05, 0) is 19.3 Å². The lowest BCUT2D eigenvalue weighted by atomic mass is 10.1. The Labute approximate surface area is 91.6 Å². The first kappa shape index (κ1) is 11.3. The molecule has 4 nitrogen and oxygen atoms in total. The van der Waals surface area contributed by atoms with E-state index < -0.39 is 0 Å². The van der Waals surface area contributed by atoms with Crippen molar-refractivity contribution in [3.05, 3.63) is 0 Å². The number of nitrogens with zero attached hydrogens (tertiary/aromatic N) is 1. The minimum absolute atomic E-state index is 0.283. The SMILES string of the molecule is OCCC1CN(CC2CCCO2)CCN1. The van der Waals surface area contributed by atoms with Gasteiger partial charge in [-0.15, -0.1) is 0 Å². The van der Waals surface area contributed by atoms with Crippen molar-refractivity contribution >= 4 is 0 Å². The molecule has 0 aromatic rings. The van der Waals surface area contributed by atoms with Crippen LogP contribution in [0.3, 0.4) is 0 Å². The molecule has 88 valence electrons. The van der Waals surface area contributed by atoms with Gasteiger partial charge in [0.2, 0.25) is 0 Å². The Kier molecular flexibility index (Phi) is 4.38. The van der Waals surface area contributed by atoms with Crippen molar-refractivity contribution in [2.45, 2.75) is 31.4 Å². The second-order valence-electron chi connectivity index (χ2n) is 4.56. The quantitative estimate of drug-likeness (QED) is 0.681. The average molecular weight is 214 g/mol. The molecule has 0 aromatic heterocycles. The largest absolute Gasteiger partial charge is 0.396 e. The predicted octanol–water partition coefficient (Wildman–Crippen LogP) is -0.178. The number of rotatable bonds is 4. The Morgan fingerprint density at radius 3 is 3.13 bits per heavy atom. The molecule has 2 atom stereocenters. The number of nitrogens with one attached hydrogen (secondary N) is 1. The Morgan fingerprint density at radius 2 is 2.40 bits per heavy atom. The normalized spacial score (nSPS) is 33.4. The summed E-state index contributed by atoms with van der Waals surface area (Å²) in [5.41, 5.74) is 0. The van der Waals surface area contributed by atoms with Crippen LogP contribution in [0.1, 0.15) is 19.3 Å². The first-order chi connectivity index (χ1) is 7.38. The first-order valence-electron chi connectivity index (χ1n) is 6.06. The van der Waals surface area contributed by atoms with Crippen LogP contribution in [0.2, 0.25) is 0 Å². The van der Waals surface area contributed by atoms with Crippen LogP contribution in [0.5, 0.6) is 0 Å². The van der Waals surface area contributed by atoms with Crippen LogP contribution in [0.15, 0.2) is 0 Å². The molecule has 2 aliphatic rings. The second-order valence-corrected chi connectivity index (χ2v) is 4.56. The summed E-state index contributed by atoms with van der Waals surface area (Å²) < 4.78 is 5.64. The van der Waals surface area contributed by atoms with E-state index in [0.29, 0.717) is 12.1 Å². The van der Waals surface area contributed by atoms with Crippen LogP contribution in [0.4, 0.5) is 0 Å². The highest BCUT2D eigenvalue weighted by molar-refractivity contribution is 4.80.